The van der Waals surface area contributed by atoms with Gasteiger partial charge >= 0.3 is 0 Å². The van der Waals surface area contributed by atoms with Gasteiger partial charge in [0.15, 0.2) is 0 Å². The zero-order valence-electron chi connectivity index (χ0n) is 10.3. The molecule has 0 saturated heterocycles. The lowest BCUT2D eigenvalue weighted by Gasteiger charge is -2.06. The second kappa shape index (κ2) is 5.27. The molecule has 2 heterocycles. The number of aromatic nitrogens is 1. The van der Waals surface area contributed by atoms with Crippen molar-refractivity contribution in [2.45, 2.75) is 26.3 Å². The Balaban J connectivity index is 2.17. The summed E-state index contributed by atoms with van der Waals surface area (Å²) in [6, 6.07) is 5.94. The van der Waals surface area contributed by atoms with E-state index in [-0.39, 0.29) is 12.6 Å². The lowest BCUT2D eigenvalue weighted by Crippen LogP contribution is -2.13. The minimum atomic E-state index is 0.110. The summed E-state index contributed by atoms with van der Waals surface area (Å²) >= 11 is 0. The van der Waals surface area contributed by atoms with E-state index in [2.05, 4.69) is 23.8 Å². The molecule has 2 rings (SSSR count). The van der Waals surface area contributed by atoms with Crippen LogP contribution in [-0.4, -0.2) is 35.2 Å². The number of aliphatic imine (C=N–C) groups is 1. The number of nitrogens with zero attached hydrogens (tertiary/aromatic N) is 2. The van der Waals surface area contributed by atoms with Crippen LogP contribution in [0.3, 0.4) is 0 Å². The zero-order chi connectivity index (χ0) is 12.3. The van der Waals surface area contributed by atoms with Crippen LogP contribution >= 0.6 is 0 Å². The van der Waals surface area contributed by atoms with Crippen molar-refractivity contribution >= 4 is 5.90 Å². The maximum absolute atomic E-state index is 8.89. The van der Waals surface area contributed by atoms with Crippen molar-refractivity contribution in [2.75, 3.05) is 13.2 Å². The molecule has 92 valence electrons. The van der Waals surface area contributed by atoms with Crippen LogP contribution in [0, 0.1) is 5.92 Å². The Morgan fingerprint density at radius 1 is 1.47 bits per heavy atom. The van der Waals surface area contributed by atoms with E-state index in [1.165, 1.54) is 0 Å². The van der Waals surface area contributed by atoms with Crippen molar-refractivity contribution in [1.82, 2.24) is 4.98 Å². The van der Waals surface area contributed by atoms with E-state index in [0.29, 0.717) is 24.8 Å². The summed E-state index contributed by atoms with van der Waals surface area (Å²) in [7, 11) is 0. The monoisotopic (exact) mass is 234 g/mol. The van der Waals surface area contributed by atoms with Gasteiger partial charge in [-0.3, -0.25) is 0 Å². The highest BCUT2D eigenvalue weighted by Crippen LogP contribution is 2.16. The van der Waals surface area contributed by atoms with Crippen LogP contribution in [0.5, 0.6) is 0 Å². The minimum absolute atomic E-state index is 0.110. The van der Waals surface area contributed by atoms with Gasteiger partial charge < -0.3 is 9.84 Å². The van der Waals surface area contributed by atoms with Gasteiger partial charge in [0.2, 0.25) is 5.90 Å². The number of aliphatic hydroxyl groups excluding tert-OH is 1. The number of aliphatic hydroxyl groups is 1. The predicted molar refractivity (Wildman–Crippen MR) is 66.1 cm³/mol. The lowest BCUT2D eigenvalue weighted by atomic mass is 10.1. The molecule has 4 nitrogen and oxygen atoms in total. The van der Waals surface area contributed by atoms with Crippen molar-refractivity contribution in [3.63, 3.8) is 0 Å². The minimum Gasteiger partial charge on any atom is -0.474 e. The molecule has 0 aromatic carbocycles. The first-order valence-corrected chi connectivity index (χ1v) is 5.98. The highest BCUT2D eigenvalue weighted by molar-refractivity contribution is 5.93. The largest absolute Gasteiger partial charge is 0.474 e. The molecular weight excluding hydrogens is 216 g/mol. The molecule has 0 saturated carbocycles. The number of hydrogen-bond donors (Lipinski definition) is 1. The molecule has 1 aliphatic rings. The molecular formula is C13H18N2O2. The SMILES string of the molecule is CC(C)[C@H]1COC(c2cccc(CCO)n2)=N1. The molecule has 1 N–H and O–H groups in total. The van der Waals surface area contributed by atoms with Crippen LogP contribution in [0.4, 0.5) is 0 Å². The summed E-state index contributed by atoms with van der Waals surface area (Å²) in [6.07, 6.45) is 0.564. The first kappa shape index (κ1) is 12.0. The third-order valence-electron chi connectivity index (χ3n) is 2.84. The normalized spacial score (nSPS) is 19.3. The van der Waals surface area contributed by atoms with Gasteiger partial charge in [-0.05, 0) is 18.1 Å². The van der Waals surface area contributed by atoms with Gasteiger partial charge in [0, 0.05) is 18.7 Å². The van der Waals surface area contributed by atoms with Crippen molar-refractivity contribution in [1.29, 1.82) is 0 Å². The van der Waals surface area contributed by atoms with Crippen LogP contribution < -0.4 is 0 Å². The Morgan fingerprint density at radius 2 is 2.29 bits per heavy atom. The molecule has 4 heteroatoms. The van der Waals surface area contributed by atoms with Crippen molar-refractivity contribution < 1.29 is 9.84 Å². The molecule has 17 heavy (non-hydrogen) atoms. The van der Waals surface area contributed by atoms with E-state index in [4.69, 9.17) is 9.84 Å². The predicted octanol–water partition coefficient (Wildman–Crippen LogP) is 1.42. The molecule has 0 bridgehead atoms. The first-order valence-electron chi connectivity index (χ1n) is 5.98. The van der Waals surface area contributed by atoms with Gasteiger partial charge in [-0.25, -0.2) is 9.98 Å². The van der Waals surface area contributed by atoms with Gasteiger partial charge in [-0.15, -0.1) is 0 Å². The molecule has 0 aliphatic carbocycles. The van der Waals surface area contributed by atoms with Gasteiger partial charge in [0.25, 0.3) is 0 Å². The van der Waals surface area contributed by atoms with E-state index < -0.39 is 0 Å². The fourth-order valence-electron chi connectivity index (χ4n) is 1.72. The smallest absolute Gasteiger partial charge is 0.235 e. The van der Waals surface area contributed by atoms with Crippen LogP contribution in [0.1, 0.15) is 25.2 Å². The topological polar surface area (TPSA) is 54.7 Å². The number of ether oxygens (including phenoxy) is 1. The van der Waals surface area contributed by atoms with E-state index >= 15 is 0 Å². The lowest BCUT2D eigenvalue weighted by molar-refractivity contribution is 0.290. The molecule has 0 spiro atoms. The van der Waals surface area contributed by atoms with Gasteiger partial charge in [0.1, 0.15) is 12.3 Å². The highest BCUT2D eigenvalue weighted by Gasteiger charge is 2.23. The Bertz CT molecular complexity index is 416. The van der Waals surface area contributed by atoms with E-state index in [0.717, 1.165) is 11.4 Å². The Kier molecular flexibility index (Phi) is 3.74. The molecule has 1 atom stereocenters. The fourth-order valence-corrected chi connectivity index (χ4v) is 1.72. The van der Waals surface area contributed by atoms with Crippen molar-refractivity contribution in [3.8, 4) is 0 Å². The Hall–Kier alpha value is -1.42. The third-order valence-corrected chi connectivity index (χ3v) is 2.84. The molecule has 0 radical (unpaired) electrons. The molecule has 1 aliphatic heterocycles. The summed E-state index contributed by atoms with van der Waals surface area (Å²) in [4.78, 5) is 8.95. The fraction of sp³-hybridized carbons (Fsp3) is 0.538. The van der Waals surface area contributed by atoms with Crippen molar-refractivity contribution in [2.24, 2.45) is 10.9 Å². The van der Waals surface area contributed by atoms with Crippen LogP contribution in [0.25, 0.3) is 0 Å². The van der Waals surface area contributed by atoms with E-state index in [9.17, 15) is 0 Å². The number of rotatable bonds is 4. The average molecular weight is 234 g/mol. The first-order chi connectivity index (χ1) is 8.20. The van der Waals surface area contributed by atoms with Crippen LogP contribution in [0.15, 0.2) is 23.2 Å². The summed E-state index contributed by atoms with van der Waals surface area (Å²) in [5.41, 5.74) is 1.63. The summed E-state index contributed by atoms with van der Waals surface area (Å²) < 4.78 is 5.57. The van der Waals surface area contributed by atoms with Gasteiger partial charge in [-0.2, -0.15) is 0 Å². The summed E-state index contributed by atoms with van der Waals surface area (Å²) in [6.45, 7) is 5.02. The maximum Gasteiger partial charge on any atom is 0.235 e. The molecule has 1 aromatic rings. The quantitative estimate of drug-likeness (QED) is 0.857. The molecule has 1 aromatic heterocycles. The maximum atomic E-state index is 8.89. The second-order valence-corrected chi connectivity index (χ2v) is 4.54. The highest BCUT2D eigenvalue weighted by atomic mass is 16.5. The second-order valence-electron chi connectivity index (χ2n) is 4.54. The molecule has 0 amide bonds. The van der Waals surface area contributed by atoms with Gasteiger partial charge in [-0.1, -0.05) is 19.9 Å². The standard InChI is InChI=1S/C13H18N2O2/c1-9(2)12-8-17-13(15-12)11-5-3-4-10(14-11)6-7-16/h3-5,9,12,16H,6-8H2,1-2H3/t12-/m1/s1. The van der Waals surface area contributed by atoms with Crippen molar-refractivity contribution in [3.05, 3.63) is 29.6 Å². The Labute approximate surface area is 101 Å². The average Bonchev–Trinajstić information content (AvgIpc) is 2.79. The zero-order valence-corrected chi connectivity index (χ0v) is 10.3. The van der Waals surface area contributed by atoms with E-state index in [1.807, 2.05) is 18.2 Å². The van der Waals surface area contributed by atoms with Crippen LogP contribution in [-0.2, 0) is 11.2 Å². The summed E-state index contributed by atoms with van der Waals surface area (Å²) in [5, 5.41) is 8.89. The van der Waals surface area contributed by atoms with E-state index in [1.54, 1.807) is 0 Å². The molecule has 0 unspecified atom stereocenters. The third kappa shape index (κ3) is 2.82. The summed E-state index contributed by atoms with van der Waals surface area (Å²) in [5.74, 6) is 1.11. The Morgan fingerprint density at radius 3 is 2.94 bits per heavy atom. The van der Waals surface area contributed by atoms with Crippen LogP contribution in [0.2, 0.25) is 0 Å². The van der Waals surface area contributed by atoms with Gasteiger partial charge in [0.05, 0.1) is 6.04 Å². The number of pyridine rings is 1. The number of hydrogen-bond acceptors (Lipinski definition) is 4. The molecule has 0 fully saturated rings.